The summed E-state index contributed by atoms with van der Waals surface area (Å²) in [4.78, 5) is 20.3. The summed E-state index contributed by atoms with van der Waals surface area (Å²) >= 11 is 0. The maximum absolute atomic E-state index is 12.0. The Labute approximate surface area is 111 Å². The number of phenolic OH excluding ortho intramolecular Hbond substituents is 1. The average molecular weight is 257 g/mol. The van der Waals surface area contributed by atoms with E-state index < -0.39 is 0 Å². The largest absolute Gasteiger partial charge is 0.508 e. The zero-order chi connectivity index (χ0) is 14.0. The van der Waals surface area contributed by atoms with E-state index in [9.17, 15) is 9.90 Å². The first-order valence-electron chi connectivity index (χ1n) is 5.89. The minimum absolute atomic E-state index is 0.0917. The number of benzene rings is 1. The highest BCUT2D eigenvalue weighted by atomic mass is 16.3. The molecule has 1 amide bonds. The van der Waals surface area contributed by atoms with E-state index in [1.165, 1.54) is 6.07 Å². The van der Waals surface area contributed by atoms with Gasteiger partial charge in [-0.3, -0.25) is 10.1 Å². The smallest absolute Gasteiger partial charge is 0.258 e. The Kier molecular flexibility index (Phi) is 3.46. The Hall–Kier alpha value is -2.43. The van der Waals surface area contributed by atoms with E-state index in [0.29, 0.717) is 5.56 Å². The first-order valence-corrected chi connectivity index (χ1v) is 5.89. The molecule has 2 rings (SSSR count). The van der Waals surface area contributed by atoms with E-state index >= 15 is 0 Å². The van der Waals surface area contributed by atoms with Gasteiger partial charge >= 0.3 is 0 Å². The Bertz CT molecular complexity index is 618. The van der Waals surface area contributed by atoms with Crippen LogP contribution in [0.25, 0.3) is 0 Å². The normalized spacial score (nSPS) is 10.3. The molecule has 0 saturated carbocycles. The van der Waals surface area contributed by atoms with Gasteiger partial charge in [0.15, 0.2) is 0 Å². The van der Waals surface area contributed by atoms with Crippen LogP contribution >= 0.6 is 0 Å². The molecule has 0 spiro atoms. The third-order valence-corrected chi connectivity index (χ3v) is 2.68. The van der Waals surface area contributed by atoms with Crippen molar-refractivity contribution >= 4 is 11.9 Å². The summed E-state index contributed by atoms with van der Waals surface area (Å²) in [7, 11) is 0. The molecular formula is C14H15N3O2. The summed E-state index contributed by atoms with van der Waals surface area (Å²) in [5.74, 6) is 0.0110. The van der Waals surface area contributed by atoms with Gasteiger partial charge in [0.1, 0.15) is 5.75 Å². The highest BCUT2D eigenvalue weighted by molar-refractivity contribution is 6.03. The second kappa shape index (κ2) is 5.06. The zero-order valence-electron chi connectivity index (χ0n) is 11.1. The summed E-state index contributed by atoms with van der Waals surface area (Å²) in [5.41, 5.74) is 2.66. The molecule has 1 aromatic heterocycles. The lowest BCUT2D eigenvalue weighted by molar-refractivity contribution is 0.102. The van der Waals surface area contributed by atoms with Gasteiger partial charge < -0.3 is 5.11 Å². The van der Waals surface area contributed by atoms with Gasteiger partial charge in [-0.2, -0.15) is 0 Å². The predicted molar refractivity (Wildman–Crippen MR) is 72.3 cm³/mol. The van der Waals surface area contributed by atoms with Crippen LogP contribution in [-0.2, 0) is 0 Å². The molecule has 0 unspecified atom stereocenters. The first kappa shape index (κ1) is 13.0. The van der Waals surface area contributed by atoms with Crippen LogP contribution < -0.4 is 5.32 Å². The number of hydrogen-bond donors (Lipinski definition) is 2. The van der Waals surface area contributed by atoms with Crippen molar-refractivity contribution < 1.29 is 9.90 Å². The first-order chi connectivity index (χ1) is 8.95. The SMILES string of the molecule is Cc1cc(C)nc(NC(=O)c2ccc(C)c(O)c2)n1. The average Bonchev–Trinajstić information content (AvgIpc) is 2.31. The lowest BCUT2D eigenvalue weighted by Crippen LogP contribution is -2.14. The topological polar surface area (TPSA) is 75.1 Å². The summed E-state index contributed by atoms with van der Waals surface area (Å²) in [6, 6.07) is 6.58. The quantitative estimate of drug-likeness (QED) is 0.866. The predicted octanol–water partition coefficient (Wildman–Crippen LogP) is 2.36. The molecule has 0 saturated heterocycles. The van der Waals surface area contributed by atoms with Crippen LogP contribution in [0.1, 0.15) is 27.3 Å². The maximum Gasteiger partial charge on any atom is 0.258 e. The summed E-state index contributed by atoms with van der Waals surface area (Å²) in [6.45, 7) is 5.44. The Balaban J connectivity index is 2.22. The van der Waals surface area contributed by atoms with E-state index in [4.69, 9.17) is 0 Å². The number of rotatable bonds is 2. The minimum atomic E-state index is -0.347. The number of aromatic hydroxyl groups is 1. The van der Waals surface area contributed by atoms with E-state index in [0.717, 1.165) is 17.0 Å². The standard InChI is InChI=1S/C14H15N3O2/c1-8-4-5-11(7-12(8)18)13(19)17-14-15-9(2)6-10(3)16-14/h4-7,18H,1-3H3,(H,15,16,17,19). The fraction of sp³-hybridized carbons (Fsp3) is 0.214. The van der Waals surface area contributed by atoms with Crippen LogP contribution in [-0.4, -0.2) is 21.0 Å². The highest BCUT2D eigenvalue weighted by Crippen LogP contribution is 2.18. The summed E-state index contributed by atoms with van der Waals surface area (Å²) in [6.07, 6.45) is 0. The number of anilines is 1. The van der Waals surface area contributed by atoms with Crippen molar-refractivity contribution in [3.05, 3.63) is 46.8 Å². The molecule has 2 N–H and O–H groups in total. The van der Waals surface area contributed by atoms with Gasteiger partial charge in [-0.25, -0.2) is 9.97 Å². The lowest BCUT2D eigenvalue weighted by Gasteiger charge is -2.06. The zero-order valence-corrected chi connectivity index (χ0v) is 11.1. The monoisotopic (exact) mass is 257 g/mol. The van der Waals surface area contributed by atoms with E-state index in [-0.39, 0.29) is 17.6 Å². The van der Waals surface area contributed by atoms with E-state index in [1.807, 2.05) is 19.9 Å². The molecule has 5 nitrogen and oxygen atoms in total. The Morgan fingerprint density at radius 3 is 2.32 bits per heavy atom. The molecule has 0 aliphatic heterocycles. The second-order valence-corrected chi connectivity index (χ2v) is 4.43. The number of carbonyl (C=O) groups excluding carboxylic acids is 1. The molecular weight excluding hydrogens is 242 g/mol. The highest BCUT2D eigenvalue weighted by Gasteiger charge is 2.10. The van der Waals surface area contributed by atoms with Gasteiger partial charge in [-0.1, -0.05) is 6.07 Å². The number of aryl methyl sites for hydroxylation is 3. The molecule has 19 heavy (non-hydrogen) atoms. The number of aromatic nitrogens is 2. The summed E-state index contributed by atoms with van der Waals surface area (Å²) < 4.78 is 0. The summed E-state index contributed by atoms with van der Waals surface area (Å²) in [5, 5.41) is 12.2. The number of phenols is 1. The van der Waals surface area contributed by atoms with Gasteiger partial charge in [0, 0.05) is 17.0 Å². The Morgan fingerprint density at radius 1 is 1.11 bits per heavy atom. The number of carbonyl (C=O) groups is 1. The van der Waals surface area contributed by atoms with Crippen molar-refractivity contribution in [2.24, 2.45) is 0 Å². The molecule has 5 heteroatoms. The van der Waals surface area contributed by atoms with Crippen LogP contribution in [0.5, 0.6) is 5.75 Å². The molecule has 0 fully saturated rings. The van der Waals surface area contributed by atoms with Crippen molar-refractivity contribution in [3.63, 3.8) is 0 Å². The number of amides is 1. The van der Waals surface area contributed by atoms with Crippen molar-refractivity contribution in [1.82, 2.24) is 9.97 Å². The lowest BCUT2D eigenvalue weighted by atomic mass is 10.1. The van der Waals surface area contributed by atoms with E-state index in [2.05, 4.69) is 15.3 Å². The van der Waals surface area contributed by atoms with Gasteiger partial charge in [-0.15, -0.1) is 0 Å². The number of nitrogens with zero attached hydrogens (tertiary/aromatic N) is 2. The number of hydrogen-bond acceptors (Lipinski definition) is 4. The van der Waals surface area contributed by atoms with Gasteiger partial charge in [0.05, 0.1) is 0 Å². The molecule has 0 aliphatic rings. The molecule has 2 aromatic rings. The molecule has 1 aromatic carbocycles. The van der Waals surface area contributed by atoms with Gasteiger partial charge in [-0.05, 0) is 44.5 Å². The fourth-order valence-corrected chi connectivity index (χ4v) is 1.71. The van der Waals surface area contributed by atoms with Gasteiger partial charge in [0.25, 0.3) is 5.91 Å². The van der Waals surface area contributed by atoms with Crippen molar-refractivity contribution in [3.8, 4) is 5.75 Å². The molecule has 0 aliphatic carbocycles. The van der Waals surface area contributed by atoms with Gasteiger partial charge in [0.2, 0.25) is 5.95 Å². The van der Waals surface area contributed by atoms with Crippen LogP contribution in [0.2, 0.25) is 0 Å². The van der Waals surface area contributed by atoms with Crippen LogP contribution in [0.15, 0.2) is 24.3 Å². The Morgan fingerprint density at radius 2 is 1.74 bits per heavy atom. The van der Waals surface area contributed by atoms with Crippen molar-refractivity contribution in [2.45, 2.75) is 20.8 Å². The molecule has 0 atom stereocenters. The number of nitrogens with one attached hydrogen (secondary N) is 1. The molecule has 98 valence electrons. The maximum atomic E-state index is 12.0. The van der Waals surface area contributed by atoms with Crippen molar-refractivity contribution in [2.75, 3.05) is 5.32 Å². The third-order valence-electron chi connectivity index (χ3n) is 2.68. The molecule has 0 radical (unpaired) electrons. The minimum Gasteiger partial charge on any atom is -0.508 e. The fourth-order valence-electron chi connectivity index (χ4n) is 1.71. The van der Waals surface area contributed by atoms with Crippen LogP contribution in [0.4, 0.5) is 5.95 Å². The molecule has 0 bridgehead atoms. The molecule has 1 heterocycles. The van der Waals surface area contributed by atoms with E-state index in [1.54, 1.807) is 19.1 Å². The van der Waals surface area contributed by atoms with Crippen molar-refractivity contribution in [1.29, 1.82) is 0 Å². The third kappa shape index (κ3) is 3.07. The second-order valence-electron chi connectivity index (χ2n) is 4.43. The van der Waals surface area contributed by atoms with Crippen LogP contribution in [0, 0.1) is 20.8 Å². The van der Waals surface area contributed by atoms with Crippen LogP contribution in [0.3, 0.4) is 0 Å².